The molecule has 1 atom stereocenters. The second-order valence-corrected chi connectivity index (χ2v) is 6.54. The Morgan fingerprint density at radius 1 is 1.14 bits per heavy atom. The van der Waals surface area contributed by atoms with Gasteiger partial charge in [-0.3, -0.25) is 4.79 Å². The van der Waals surface area contributed by atoms with Crippen LogP contribution in [0, 0.1) is 12.8 Å². The summed E-state index contributed by atoms with van der Waals surface area (Å²) in [6, 6.07) is 8.43. The van der Waals surface area contributed by atoms with Gasteiger partial charge >= 0.3 is 0 Å². The van der Waals surface area contributed by atoms with E-state index in [1.54, 1.807) is 0 Å². The first-order valence-corrected chi connectivity index (χ1v) is 8.26. The molecule has 2 fully saturated rings. The summed E-state index contributed by atoms with van der Waals surface area (Å²) in [6.45, 7) is 5.43. The summed E-state index contributed by atoms with van der Waals surface area (Å²) < 4.78 is 0. The van der Waals surface area contributed by atoms with Gasteiger partial charge in [0.25, 0.3) is 0 Å². The molecule has 0 radical (unpaired) electrons. The van der Waals surface area contributed by atoms with Crippen molar-refractivity contribution in [1.29, 1.82) is 0 Å². The van der Waals surface area contributed by atoms with E-state index in [2.05, 4.69) is 42.2 Å². The maximum Gasteiger partial charge on any atom is 0.163 e. The van der Waals surface area contributed by atoms with Gasteiger partial charge in [0.15, 0.2) is 5.78 Å². The number of benzene rings is 1. The van der Waals surface area contributed by atoms with Crippen LogP contribution in [0.15, 0.2) is 29.8 Å². The molecule has 1 aliphatic carbocycles. The fraction of sp³-hybridized carbons (Fsp3) is 0.526. The van der Waals surface area contributed by atoms with E-state index >= 15 is 0 Å². The van der Waals surface area contributed by atoms with Crippen LogP contribution in [0.2, 0.25) is 0 Å². The molecular weight excluding hydrogens is 258 g/mol. The Kier molecular flexibility index (Phi) is 4.54. The van der Waals surface area contributed by atoms with Crippen molar-refractivity contribution < 1.29 is 4.79 Å². The highest BCUT2D eigenvalue weighted by Crippen LogP contribution is 2.29. The van der Waals surface area contributed by atoms with Crippen LogP contribution in [-0.4, -0.2) is 30.3 Å². The van der Waals surface area contributed by atoms with Crippen molar-refractivity contribution in [1.82, 2.24) is 4.90 Å². The number of piperidine rings is 1. The molecule has 2 heteroatoms. The lowest BCUT2D eigenvalue weighted by atomic mass is 10.0. The van der Waals surface area contributed by atoms with E-state index in [0.717, 1.165) is 30.5 Å². The summed E-state index contributed by atoms with van der Waals surface area (Å²) in [5.74, 6) is 0.626. The number of hydrogen-bond acceptors (Lipinski definition) is 2. The van der Waals surface area contributed by atoms with Crippen LogP contribution in [0.4, 0.5) is 0 Å². The molecule has 112 valence electrons. The molecule has 2 aliphatic rings. The Hall–Kier alpha value is -1.41. The molecule has 1 saturated heterocycles. The van der Waals surface area contributed by atoms with Crippen LogP contribution in [-0.2, 0) is 4.79 Å². The minimum absolute atomic E-state index is 0.236. The van der Waals surface area contributed by atoms with Crippen molar-refractivity contribution in [3.05, 3.63) is 41.0 Å². The normalized spacial score (nSPS) is 25.7. The number of Topliss-reactive ketones (excluding diaryl/α,β-unsaturated/α-hetero) is 1. The molecule has 1 aromatic rings. The van der Waals surface area contributed by atoms with Gasteiger partial charge in [-0.25, -0.2) is 0 Å². The first-order valence-electron chi connectivity index (χ1n) is 8.26. The van der Waals surface area contributed by atoms with Gasteiger partial charge in [-0.05, 0) is 62.9 Å². The fourth-order valence-electron chi connectivity index (χ4n) is 3.48. The largest absolute Gasteiger partial charge is 0.303 e. The number of nitrogens with zero attached hydrogens (tertiary/aromatic N) is 1. The molecule has 21 heavy (non-hydrogen) atoms. The molecule has 0 bridgehead atoms. The number of rotatable bonds is 3. The van der Waals surface area contributed by atoms with Crippen LogP contribution in [0.5, 0.6) is 0 Å². The van der Waals surface area contributed by atoms with Gasteiger partial charge in [0, 0.05) is 12.5 Å². The average molecular weight is 283 g/mol. The van der Waals surface area contributed by atoms with E-state index in [1.165, 1.54) is 37.9 Å². The summed E-state index contributed by atoms with van der Waals surface area (Å²) in [5.41, 5.74) is 3.45. The van der Waals surface area contributed by atoms with Gasteiger partial charge in [0.2, 0.25) is 0 Å². The van der Waals surface area contributed by atoms with Crippen LogP contribution >= 0.6 is 0 Å². The standard InChI is InChI=1S/C19H25NO/c1-15-5-7-16(8-6-15)13-17-9-10-18(19(17)21)14-20-11-3-2-4-12-20/h5-8,13,18H,2-4,9-12,14H2,1H3/b17-13+. The van der Waals surface area contributed by atoms with Gasteiger partial charge in [0.05, 0.1) is 0 Å². The molecule has 2 nitrogen and oxygen atoms in total. The minimum Gasteiger partial charge on any atom is -0.303 e. The predicted molar refractivity (Wildman–Crippen MR) is 87.2 cm³/mol. The van der Waals surface area contributed by atoms with Crippen LogP contribution < -0.4 is 0 Å². The van der Waals surface area contributed by atoms with Crippen molar-refractivity contribution in [2.75, 3.05) is 19.6 Å². The Morgan fingerprint density at radius 3 is 2.57 bits per heavy atom. The van der Waals surface area contributed by atoms with Gasteiger partial charge in [-0.1, -0.05) is 36.2 Å². The number of aryl methyl sites for hydroxylation is 1. The molecule has 3 rings (SSSR count). The molecule has 0 N–H and O–H groups in total. The zero-order chi connectivity index (χ0) is 14.7. The van der Waals surface area contributed by atoms with Gasteiger partial charge in [-0.2, -0.15) is 0 Å². The lowest BCUT2D eigenvalue weighted by molar-refractivity contribution is -0.118. The Bertz CT molecular complexity index is 523. The minimum atomic E-state index is 0.236. The van der Waals surface area contributed by atoms with E-state index < -0.39 is 0 Å². The predicted octanol–water partition coefficient (Wildman–Crippen LogP) is 3.84. The van der Waals surface area contributed by atoms with Gasteiger partial charge in [-0.15, -0.1) is 0 Å². The summed E-state index contributed by atoms with van der Waals surface area (Å²) in [4.78, 5) is 15.0. The molecule has 0 amide bonds. The molecular formula is C19H25NO. The number of ketones is 1. The third-order valence-corrected chi connectivity index (χ3v) is 4.79. The third-order valence-electron chi connectivity index (χ3n) is 4.79. The second-order valence-electron chi connectivity index (χ2n) is 6.54. The summed E-state index contributed by atoms with van der Waals surface area (Å²) in [5, 5.41) is 0. The van der Waals surface area contributed by atoms with Gasteiger partial charge in [0.1, 0.15) is 0 Å². The SMILES string of the molecule is Cc1ccc(/C=C2\CCC(CN3CCCCC3)C2=O)cc1. The lowest BCUT2D eigenvalue weighted by Crippen LogP contribution is -2.35. The monoisotopic (exact) mass is 283 g/mol. The van der Waals surface area contributed by atoms with E-state index in [9.17, 15) is 4.79 Å². The quantitative estimate of drug-likeness (QED) is 0.785. The van der Waals surface area contributed by atoms with Gasteiger partial charge < -0.3 is 4.90 Å². The first kappa shape index (κ1) is 14.5. The molecule has 1 aromatic carbocycles. The molecule has 0 spiro atoms. The summed E-state index contributed by atoms with van der Waals surface area (Å²) in [6.07, 6.45) is 8.03. The molecule has 1 aliphatic heterocycles. The van der Waals surface area contributed by atoms with Crippen molar-refractivity contribution in [2.24, 2.45) is 5.92 Å². The number of carbonyl (C=O) groups excluding carboxylic acids is 1. The van der Waals surface area contributed by atoms with Crippen molar-refractivity contribution in [3.8, 4) is 0 Å². The number of allylic oxidation sites excluding steroid dienone is 1. The molecule has 0 aromatic heterocycles. The van der Waals surface area contributed by atoms with E-state index in [1.807, 2.05) is 0 Å². The Labute approximate surface area is 127 Å². The lowest BCUT2D eigenvalue weighted by Gasteiger charge is -2.28. The topological polar surface area (TPSA) is 20.3 Å². The van der Waals surface area contributed by atoms with Crippen molar-refractivity contribution in [3.63, 3.8) is 0 Å². The maximum atomic E-state index is 12.6. The molecule has 1 unspecified atom stereocenters. The van der Waals surface area contributed by atoms with Crippen LogP contribution in [0.25, 0.3) is 6.08 Å². The Balaban J connectivity index is 1.64. The zero-order valence-electron chi connectivity index (χ0n) is 13.0. The molecule has 1 heterocycles. The highest BCUT2D eigenvalue weighted by molar-refractivity contribution is 6.03. The first-order chi connectivity index (χ1) is 10.2. The number of carbonyl (C=O) groups is 1. The fourth-order valence-corrected chi connectivity index (χ4v) is 3.48. The second kappa shape index (κ2) is 6.57. The third kappa shape index (κ3) is 3.62. The average Bonchev–Trinajstić information content (AvgIpc) is 2.84. The van der Waals surface area contributed by atoms with E-state index in [0.29, 0.717) is 5.78 Å². The summed E-state index contributed by atoms with van der Waals surface area (Å²) in [7, 11) is 0. The van der Waals surface area contributed by atoms with Crippen molar-refractivity contribution >= 4 is 11.9 Å². The van der Waals surface area contributed by atoms with Crippen LogP contribution in [0.1, 0.15) is 43.2 Å². The highest BCUT2D eigenvalue weighted by Gasteiger charge is 2.30. The number of hydrogen-bond donors (Lipinski definition) is 0. The summed E-state index contributed by atoms with van der Waals surface area (Å²) >= 11 is 0. The van der Waals surface area contributed by atoms with Crippen LogP contribution in [0.3, 0.4) is 0 Å². The number of likely N-dealkylation sites (tertiary alicyclic amines) is 1. The highest BCUT2D eigenvalue weighted by atomic mass is 16.1. The zero-order valence-corrected chi connectivity index (χ0v) is 13.0. The van der Waals surface area contributed by atoms with Crippen molar-refractivity contribution in [2.45, 2.75) is 39.0 Å². The molecule has 1 saturated carbocycles. The Morgan fingerprint density at radius 2 is 1.86 bits per heavy atom. The smallest absolute Gasteiger partial charge is 0.163 e. The van der Waals surface area contributed by atoms with E-state index in [4.69, 9.17) is 0 Å². The van der Waals surface area contributed by atoms with E-state index in [-0.39, 0.29) is 5.92 Å². The maximum absolute atomic E-state index is 12.6.